The van der Waals surface area contributed by atoms with Crippen molar-refractivity contribution in [1.29, 1.82) is 0 Å². The highest BCUT2D eigenvalue weighted by atomic mass is 32.2. The van der Waals surface area contributed by atoms with Gasteiger partial charge < -0.3 is 14.6 Å². The van der Waals surface area contributed by atoms with E-state index in [1.807, 2.05) is 10.8 Å². The van der Waals surface area contributed by atoms with Gasteiger partial charge in [0.15, 0.2) is 0 Å². The van der Waals surface area contributed by atoms with E-state index in [-0.39, 0.29) is 16.8 Å². The number of aromatic nitrogens is 2. The number of amides is 1. The topological polar surface area (TPSA) is 102 Å². The van der Waals surface area contributed by atoms with Crippen LogP contribution in [0, 0.1) is 0 Å². The predicted molar refractivity (Wildman–Crippen MR) is 95.2 cm³/mol. The van der Waals surface area contributed by atoms with Crippen LogP contribution in [0.2, 0.25) is 0 Å². The van der Waals surface area contributed by atoms with Crippen molar-refractivity contribution in [2.75, 3.05) is 19.8 Å². The Labute approximate surface area is 152 Å². The molecular formula is C17H22N4O4S. The molecular weight excluding hydrogens is 356 g/mol. The van der Waals surface area contributed by atoms with Gasteiger partial charge in [0.2, 0.25) is 10.0 Å². The molecule has 1 saturated heterocycles. The Kier molecular flexibility index (Phi) is 6.02. The number of nitrogens with zero attached hydrogens (tertiary/aromatic N) is 2. The maximum atomic E-state index is 12.4. The van der Waals surface area contributed by atoms with E-state index in [0.29, 0.717) is 31.7 Å². The molecule has 0 unspecified atom stereocenters. The Morgan fingerprint density at radius 3 is 3.00 bits per heavy atom. The molecule has 1 aromatic heterocycles. The van der Waals surface area contributed by atoms with Crippen molar-refractivity contribution in [3.05, 3.63) is 48.5 Å². The van der Waals surface area contributed by atoms with E-state index in [2.05, 4.69) is 15.0 Å². The van der Waals surface area contributed by atoms with Crippen molar-refractivity contribution in [1.82, 2.24) is 19.6 Å². The van der Waals surface area contributed by atoms with Crippen LogP contribution in [0.5, 0.6) is 0 Å². The van der Waals surface area contributed by atoms with Gasteiger partial charge in [-0.1, -0.05) is 6.07 Å². The first-order valence-electron chi connectivity index (χ1n) is 8.49. The number of rotatable bonds is 8. The third-order valence-corrected chi connectivity index (χ3v) is 5.61. The zero-order valence-electron chi connectivity index (χ0n) is 14.3. The summed E-state index contributed by atoms with van der Waals surface area (Å²) in [7, 11) is -3.67. The summed E-state index contributed by atoms with van der Waals surface area (Å²) in [5.74, 6) is -0.295. The minimum atomic E-state index is -3.67. The fourth-order valence-electron chi connectivity index (χ4n) is 2.70. The van der Waals surface area contributed by atoms with Crippen LogP contribution in [0.15, 0.2) is 47.9 Å². The van der Waals surface area contributed by atoms with Gasteiger partial charge in [0.1, 0.15) is 0 Å². The average Bonchev–Trinajstić information content (AvgIpc) is 3.32. The molecule has 9 heteroatoms. The predicted octanol–water partition coefficient (Wildman–Crippen LogP) is 0.770. The Morgan fingerprint density at radius 2 is 2.27 bits per heavy atom. The lowest BCUT2D eigenvalue weighted by Gasteiger charge is -2.12. The summed E-state index contributed by atoms with van der Waals surface area (Å²) < 4.78 is 34.6. The fourth-order valence-corrected chi connectivity index (χ4v) is 4.00. The van der Waals surface area contributed by atoms with Gasteiger partial charge >= 0.3 is 0 Å². The molecule has 1 amide bonds. The molecule has 2 heterocycles. The van der Waals surface area contributed by atoms with Crippen LogP contribution < -0.4 is 10.0 Å². The van der Waals surface area contributed by atoms with Crippen molar-refractivity contribution in [2.45, 2.75) is 30.3 Å². The van der Waals surface area contributed by atoms with E-state index in [1.165, 1.54) is 12.1 Å². The third kappa shape index (κ3) is 4.90. The van der Waals surface area contributed by atoms with Crippen LogP contribution in [0.1, 0.15) is 23.2 Å². The zero-order valence-corrected chi connectivity index (χ0v) is 15.1. The molecule has 1 atom stereocenters. The van der Waals surface area contributed by atoms with E-state index in [1.54, 1.807) is 24.7 Å². The highest BCUT2D eigenvalue weighted by Crippen LogP contribution is 2.14. The Hall–Kier alpha value is -2.23. The molecule has 0 aliphatic carbocycles. The molecule has 8 nitrogen and oxygen atoms in total. The molecule has 26 heavy (non-hydrogen) atoms. The van der Waals surface area contributed by atoms with Crippen LogP contribution in [0.25, 0.3) is 0 Å². The molecule has 1 fully saturated rings. The van der Waals surface area contributed by atoms with Crippen LogP contribution in [-0.4, -0.2) is 49.7 Å². The Morgan fingerprint density at radius 1 is 1.38 bits per heavy atom. The number of ether oxygens (including phenoxy) is 1. The number of hydrogen-bond acceptors (Lipinski definition) is 5. The molecule has 1 aliphatic heterocycles. The highest BCUT2D eigenvalue weighted by molar-refractivity contribution is 7.89. The minimum Gasteiger partial charge on any atom is -0.380 e. The second-order valence-corrected chi connectivity index (χ2v) is 7.83. The molecule has 1 aliphatic rings. The standard InChI is InChI=1S/C17H22N4O4S/c22-17(19-6-2-8-21-9-7-18-13-21)14-3-1-4-16(11-14)26(23,24)20-15-5-10-25-12-15/h1,3-4,7,9,11,13,15,20H,2,5-6,8,10,12H2,(H,19,22)/t15-/m0/s1. The summed E-state index contributed by atoms with van der Waals surface area (Å²) in [6, 6.07) is 5.82. The third-order valence-electron chi connectivity index (χ3n) is 4.10. The van der Waals surface area contributed by atoms with Crippen molar-refractivity contribution in [2.24, 2.45) is 0 Å². The summed E-state index contributed by atoms with van der Waals surface area (Å²) in [5.41, 5.74) is 0.318. The lowest BCUT2D eigenvalue weighted by Crippen LogP contribution is -2.35. The number of aryl methyl sites for hydroxylation is 1. The van der Waals surface area contributed by atoms with E-state index >= 15 is 0 Å². The van der Waals surface area contributed by atoms with Gasteiger partial charge in [-0.3, -0.25) is 4.79 Å². The number of carbonyl (C=O) groups excluding carboxylic acids is 1. The number of hydrogen-bond donors (Lipinski definition) is 2. The first-order valence-corrected chi connectivity index (χ1v) is 9.97. The fraction of sp³-hybridized carbons (Fsp3) is 0.412. The van der Waals surface area contributed by atoms with Gasteiger partial charge in [-0.05, 0) is 31.0 Å². The van der Waals surface area contributed by atoms with Crippen LogP contribution in [0.4, 0.5) is 0 Å². The maximum Gasteiger partial charge on any atom is 0.251 e. The summed E-state index contributed by atoms with van der Waals surface area (Å²) in [6.07, 6.45) is 6.69. The number of carbonyl (C=O) groups is 1. The Balaban J connectivity index is 1.56. The Bertz CT molecular complexity index is 830. The van der Waals surface area contributed by atoms with E-state index in [4.69, 9.17) is 4.74 Å². The van der Waals surface area contributed by atoms with Crippen LogP contribution in [0.3, 0.4) is 0 Å². The maximum absolute atomic E-state index is 12.4. The summed E-state index contributed by atoms with van der Waals surface area (Å²) >= 11 is 0. The van der Waals surface area contributed by atoms with E-state index < -0.39 is 10.0 Å². The van der Waals surface area contributed by atoms with Gasteiger partial charge in [-0.2, -0.15) is 0 Å². The first kappa shape index (κ1) is 18.6. The monoisotopic (exact) mass is 378 g/mol. The molecule has 0 saturated carbocycles. The lowest BCUT2D eigenvalue weighted by molar-refractivity contribution is 0.0952. The lowest BCUT2D eigenvalue weighted by atomic mass is 10.2. The molecule has 0 spiro atoms. The van der Waals surface area contributed by atoms with Gasteiger partial charge in [0, 0.05) is 43.7 Å². The van der Waals surface area contributed by atoms with Gasteiger partial charge in [0.25, 0.3) is 5.91 Å². The zero-order chi connectivity index (χ0) is 18.4. The number of sulfonamides is 1. The van der Waals surface area contributed by atoms with E-state index in [0.717, 1.165) is 13.0 Å². The summed E-state index contributed by atoms with van der Waals surface area (Å²) in [4.78, 5) is 16.3. The van der Waals surface area contributed by atoms with Crippen molar-refractivity contribution in [3.63, 3.8) is 0 Å². The smallest absolute Gasteiger partial charge is 0.251 e. The van der Waals surface area contributed by atoms with Crippen molar-refractivity contribution >= 4 is 15.9 Å². The second-order valence-electron chi connectivity index (χ2n) is 6.12. The first-order chi connectivity index (χ1) is 12.5. The quantitative estimate of drug-likeness (QED) is 0.661. The number of imidazole rings is 1. The average molecular weight is 378 g/mol. The number of nitrogens with one attached hydrogen (secondary N) is 2. The second kappa shape index (κ2) is 8.43. The SMILES string of the molecule is O=C(NCCCn1ccnc1)c1cccc(S(=O)(=O)N[C@H]2CCOC2)c1. The van der Waals surface area contributed by atoms with E-state index in [9.17, 15) is 13.2 Å². The van der Waals surface area contributed by atoms with Crippen LogP contribution >= 0.6 is 0 Å². The molecule has 2 aromatic rings. The minimum absolute atomic E-state index is 0.0791. The van der Waals surface area contributed by atoms with Gasteiger partial charge in [-0.25, -0.2) is 18.1 Å². The molecule has 140 valence electrons. The number of benzene rings is 1. The largest absolute Gasteiger partial charge is 0.380 e. The van der Waals surface area contributed by atoms with Crippen molar-refractivity contribution < 1.29 is 17.9 Å². The summed E-state index contributed by atoms with van der Waals surface area (Å²) in [6.45, 7) is 2.17. The van der Waals surface area contributed by atoms with Crippen LogP contribution in [-0.2, 0) is 21.3 Å². The normalized spacial score (nSPS) is 17.3. The molecule has 2 N–H and O–H groups in total. The molecule has 1 aromatic carbocycles. The van der Waals surface area contributed by atoms with Gasteiger partial charge in [-0.15, -0.1) is 0 Å². The highest BCUT2D eigenvalue weighted by Gasteiger charge is 2.24. The molecule has 3 rings (SSSR count). The summed E-state index contributed by atoms with van der Waals surface area (Å²) in [5, 5.41) is 2.81. The molecule has 0 radical (unpaired) electrons. The van der Waals surface area contributed by atoms with Gasteiger partial charge in [0.05, 0.1) is 17.8 Å². The van der Waals surface area contributed by atoms with Crippen molar-refractivity contribution in [3.8, 4) is 0 Å². The molecule has 0 bridgehead atoms.